The first kappa shape index (κ1) is 18.9. The van der Waals surface area contributed by atoms with E-state index in [1.54, 1.807) is 23.8 Å². The van der Waals surface area contributed by atoms with Crippen molar-refractivity contribution in [3.05, 3.63) is 61.5 Å². The zero-order valence-electron chi connectivity index (χ0n) is 14.8. The van der Waals surface area contributed by atoms with Gasteiger partial charge in [-0.1, -0.05) is 31.2 Å². The number of rotatable bonds is 7. The number of carbonyl (C=O) groups is 1. The fourth-order valence-electron chi connectivity index (χ4n) is 3.40. The van der Waals surface area contributed by atoms with Gasteiger partial charge in [-0.3, -0.25) is 10.0 Å². The summed E-state index contributed by atoms with van der Waals surface area (Å²) in [4.78, 5) is 15.3. The lowest BCUT2D eigenvalue weighted by molar-refractivity contribution is 0.0701. The Morgan fingerprint density at radius 3 is 2.80 bits per heavy atom. The van der Waals surface area contributed by atoms with Crippen molar-refractivity contribution in [2.75, 3.05) is 11.9 Å². The van der Waals surface area contributed by atoms with Crippen LogP contribution in [0.3, 0.4) is 0 Å². The lowest BCUT2D eigenvalue weighted by atomic mass is 9.63. The molecule has 0 unspecified atom stereocenters. The molecule has 1 fully saturated rings. The maximum atomic E-state index is 11.3. The molecule has 1 aromatic rings. The monoisotopic (exact) mass is 341 g/mol. The summed E-state index contributed by atoms with van der Waals surface area (Å²) < 4.78 is 0. The molecule has 0 radical (unpaired) electrons. The van der Waals surface area contributed by atoms with Crippen molar-refractivity contribution in [2.45, 2.75) is 26.2 Å². The molecule has 1 aliphatic rings. The number of pyridine rings is 1. The van der Waals surface area contributed by atoms with Crippen molar-refractivity contribution in [2.24, 2.45) is 17.3 Å². The lowest BCUT2D eigenvalue weighted by Gasteiger charge is -2.42. The van der Waals surface area contributed by atoms with Crippen LogP contribution in [0.5, 0.6) is 0 Å². The van der Waals surface area contributed by atoms with E-state index in [0.717, 1.165) is 30.5 Å². The first-order valence-electron chi connectivity index (χ1n) is 8.51. The highest BCUT2D eigenvalue weighted by atomic mass is 16.5. The van der Waals surface area contributed by atoms with Crippen LogP contribution in [0.1, 0.15) is 36.7 Å². The number of aromatic nitrogens is 1. The number of hydroxylamine groups is 1. The minimum absolute atomic E-state index is 0.124. The van der Waals surface area contributed by atoms with Gasteiger partial charge in [-0.05, 0) is 48.6 Å². The Labute approximate surface area is 149 Å². The SMILES string of the molecule is C=C[C@@H]1C[C@H](C(=C)CNc2ccc(C(=O)NO)nc2)CC[C@@]1(C)C=C. The molecular weight excluding hydrogens is 314 g/mol. The molecule has 3 atom stereocenters. The van der Waals surface area contributed by atoms with E-state index < -0.39 is 5.91 Å². The molecule has 0 spiro atoms. The Morgan fingerprint density at radius 2 is 2.24 bits per heavy atom. The highest BCUT2D eigenvalue weighted by Crippen LogP contribution is 2.46. The van der Waals surface area contributed by atoms with Gasteiger partial charge >= 0.3 is 0 Å². The fraction of sp³-hybridized carbons (Fsp3) is 0.400. The summed E-state index contributed by atoms with van der Waals surface area (Å²) in [7, 11) is 0. The van der Waals surface area contributed by atoms with E-state index in [2.05, 4.69) is 43.0 Å². The molecule has 134 valence electrons. The van der Waals surface area contributed by atoms with E-state index in [4.69, 9.17) is 5.21 Å². The van der Waals surface area contributed by atoms with Crippen LogP contribution >= 0.6 is 0 Å². The first-order chi connectivity index (χ1) is 11.9. The second-order valence-corrected chi connectivity index (χ2v) is 6.91. The fourth-order valence-corrected chi connectivity index (χ4v) is 3.40. The van der Waals surface area contributed by atoms with E-state index in [-0.39, 0.29) is 11.1 Å². The Kier molecular flexibility index (Phi) is 6.15. The summed E-state index contributed by atoms with van der Waals surface area (Å²) in [5.41, 5.74) is 3.82. The standard InChI is InChI=1S/C20H27N3O2/c1-5-16-11-15(9-10-20(16,4)6-2)14(3)12-21-17-7-8-18(22-13-17)19(24)23-25/h5-8,13,15-16,21,25H,1-3,9-12H2,4H3,(H,23,24)/t15-,16-,20-/m1/s1. The van der Waals surface area contributed by atoms with Crippen molar-refractivity contribution >= 4 is 11.6 Å². The molecule has 1 aliphatic carbocycles. The number of carbonyl (C=O) groups excluding carboxylic acids is 1. The van der Waals surface area contributed by atoms with E-state index >= 15 is 0 Å². The molecule has 1 heterocycles. The predicted molar refractivity (Wildman–Crippen MR) is 100 cm³/mol. The van der Waals surface area contributed by atoms with Crippen LogP contribution in [-0.2, 0) is 0 Å². The molecule has 1 aromatic heterocycles. The molecule has 2 rings (SSSR count). The van der Waals surface area contributed by atoms with E-state index in [1.165, 1.54) is 0 Å². The maximum absolute atomic E-state index is 11.3. The third-order valence-electron chi connectivity index (χ3n) is 5.36. The first-order valence-corrected chi connectivity index (χ1v) is 8.51. The maximum Gasteiger partial charge on any atom is 0.293 e. The topological polar surface area (TPSA) is 74.2 Å². The molecular formula is C20H27N3O2. The van der Waals surface area contributed by atoms with Crippen LogP contribution in [0.15, 0.2) is 55.8 Å². The Hall–Kier alpha value is -2.40. The van der Waals surface area contributed by atoms with E-state index in [9.17, 15) is 4.79 Å². The van der Waals surface area contributed by atoms with Crippen molar-refractivity contribution in [1.82, 2.24) is 10.5 Å². The van der Waals surface area contributed by atoms with Crippen LogP contribution in [0.25, 0.3) is 0 Å². The smallest absolute Gasteiger partial charge is 0.293 e. The van der Waals surface area contributed by atoms with E-state index in [0.29, 0.717) is 18.4 Å². The summed E-state index contributed by atoms with van der Waals surface area (Å²) in [6.07, 6.45) is 8.90. The number of hydrogen-bond acceptors (Lipinski definition) is 4. The van der Waals surface area contributed by atoms with E-state index in [1.807, 2.05) is 6.08 Å². The predicted octanol–water partition coefficient (Wildman–Crippen LogP) is 3.96. The van der Waals surface area contributed by atoms with Gasteiger partial charge in [-0.25, -0.2) is 10.5 Å². The molecule has 0 saturated heterocycles. The second-order valence-electron chi connectivity index (χ2n) is 6.91. The molecule has 5 nitrogen and oxygen atoms in total. The summed E-state index contributed by atoms with van der Waals surface area (Å²) in [5, 5.41) is 11.9. The third kappa shape index (κ3) is 4.37. The zero-order chi connectivity index (χ0) is 18.4. The average molecular weight is 341 g/mol. The Bertz CT molecular complexity index is 653. The number of nitrogens with one attached hydrogen (secondary N) is 2. The minimum atomic E-state index is -0.626. The number of hydrogen-bond donors (Lipinski definition) is 3. The summed E-state index contributed by atoms with van der Waals surface area (Å²) in [6.45, 7) is 15.1. The van der Waals surface area contributed by atoms with Crippen LogP contribution in [0.2, 0.25) is 0 Å². The molecule has 0 bridgehead atoms. The van der Waals surface area contributed by atoms with Crippen LogP contribution in [0, 0.1) is 17.3 Å². The van der Waals surface area contributed by atoms with Gasteiger partial charge in [-0.2, -0.15) is 0 Å². The highest BCUT2D eigenvalue weighted by molar-refractivity contribution is 5.91. The molecule has 1 saturated carbocycles. The number of anilines is 1. The van der Waals surface area contributed by atoms with Gasteiger partial charge in [0.25, 0.3) is 5.91 Å². The molecule has 25 heavy (non-hydrogen) atoms. The van der Waals surface area contributed by atoms with Gasteiger partial charge in [0, 0.05) is 6.54 Å². The largest absolute Gasteiger partial charge is 0.380 e. The highest BCUT2D eigenvalue weighted by Gasteiger charge is 2.36. The van der Waals surface area contributed by atoms with Gasteiger partial charge < -0.3 is 5.32 Å². The molecule has 0 aliphatic heterocycles. The van der Waals surface area contributed by atoms with Gasteiger partial charge in [0.05, 0.1) is 11.9 Å². The zero-order valence-corrected chi connectivity index (χ0v) is 14.8. The third-order valence-corrected chi connectivity index (χ3v) is 5.36. The lowest BCUT2D eigenvalue weighted by Crippen LogP contribution is -2.32. The van der Waals surface area contributed by atoms with Crippen LogP contribution < -0.4 is 10.8 Å². The quantitative estimate of drug-likeness (QED) is 0.399. The molecule has 1 amide bonds. The van der Waals surface area contributed by atoms with Gasteiger partial charge in [0.15, 0.2) is 0 Å². The van der Waals surface area contributed by atoms with Crippen molar-refractivity contribution in [3.63, 3.8) is 0 Å². The van der Waals surface area contributed by atoms with Crippen LogP contribution in [0.4, 0.5) is 5.69 Å². The molecule has 3 N–H and O–H groups in total. The van der Waals surface area contributed by atoms with Crippen molar-refractivity contribution in [3.8, 4) is 0 Å². The Morgan fingerprint density at radius 1 is 1.48 bits per heavy atom. The second kappa shape index (κ2) is 8.12. The van der Waals surface area contributed by atoms with Crippen molar-refractivity contribution < 1.29 is 10.0 Å². The average Bonchev–Trinajstić information content (AvgIpc) is 2.66. The number of nitrogens with zero attached hydrogens (tertiary/aromatic N) is 1. The van der Waals surface area contributed by atoms with Crippen LogP contribution in [-0.4, -0.2) is 22.6 Å². The van der Waals surface area contributed by atoms with Gasteiger partial charge in [-0.15, -0.1) is 13.2 Å². The van der Waals surface area contributed by atoms with Crippen molar-refractivity contribution in [1.29, 1.82) is 0 Å². The molecule has 5 heteroatoms. The summed E-state index contributed by atoms with van der Waals surface area (Å²) >= 11 is 0. The normalized spacial score (nSPS) is 25.7. The minimum Gasteiger partial charge on any atom is -0.380 e. The van der Waals surface area contributed by atoms with Gasteiger partial charge in [0.1, 0.15) is 5.69 Å². The number of amides is 1. The number of allylic oxidation sites excluding steroid dienone is 2. The summed E-state index contributed by atoms with van der Waals surface area (Å²) in [6, 6.07) is 3.31. The van der Waals surface area contributed by atoms with Gasteiger partial charge in [0.2, 0.25) is 0 Å². The summed E-state index contributed by atoms with van der Waals surface area (Å²) in [5.74, 6) is 0.244. The molecule has 0 aromatic carbocycles. The Balaban J connectivity index is 1.91.